The second kappa shape index (κ2) is 5.85. The van der Waals surface area contributed by atoms with Crippen molar-refractivity contribution in [3.63, 3.8) is 0 Å². The Hall–Kier alpha value is 0.719. The first-order chi connectivity index (χ1) is 3.85. The van der Waals surface area contributed by atoms with Crippen molar-refractivity contribution < 1.29 is 6.15 Å². The molecule has 0 amide bonds. The van der Waals surface area contributed by atoms with Gasteiger partial charge in [-0.2, -0.15) is 0 Å². The van der Waals surface area contributed by atoms with Crippen molar-refractivity contribution in [3.8, 4) is 0 Å². The first-order valence-electron chi connectivity index (χ1n) is 2.90. The molecule has 0 N–H and O–H groups in total. The van der Waals surface area contributed by atoms with Crippen LogP contribution < -0.4 is 0 Å². The molecule has 0 spiro atoms. The van der Waals surface area contributed by atoms with Crippen LogP contribution in [0.2, 0.25) is 4.44 Å². The van der Waals surface area contributed by atoms with E-state index in [4.69, 9.17) is 6.15 Å². The van der Waals surface area contributed by atoms with Crippen molar-refractivity contribution in [3.05, 3.63) is 0 Å². The molecule has 0 aliphatic heterocycles. The summed E-state index contributed by atoms with van der Waals surface area (Å²) in [6, 6.07) is 0. The quantitative estimate of drug-likeness (QED) is 0.662. The Morgan fingerprint density at radius 3 is 1.88 bits per heavy atom. The molecule has 50 valence electrons. The molecule has 0 aromatic heterocycles. The van der Waals surface area contributed by atoms with E-state index in [1.54, 1.807) is 14.2 Å². The third-order valence-corrected chi connectivity index (χ3v) is 7.04. The summed E-state index contributed by atoms with van der Waals surface area (Å²) >= 11 is -1.80. The molecule has 2 nitrogen and oxygen atoms in total. The average Bonchev–Trinajstić information content (AvgIpc) is 1.83. The summed E-state index contributed by atoms with van der Waals surface area (Å²) in [7, 11) is 3.50. The summed E-state index contributed by atoms with van der Waals surface area (Å²) in [6.07, 6.45) is 1.20. The first-order valence-corrected chi connectivity index (χ1v) is 7.92. The van der Waals surface area contributed by atoms with Gasteiger partial charge in [0.1, 0.15) is 0 Å². The topological polar surface area (TPSA) is 18.5 Å². The zero-order valence-electron chi connectivity index (χ0n) is 5.81. The van der Waals surface area contributed by atoms with E-state index in [1.165, 1.54) is 10.9 Å². The van der Waals surface area contributed by atoms with Crippen LogP contribution in [0.5, 0.6) is 0 Å². The summed E-state index contributed by atoms with van der Waals surface area (Å²) in [5.74, 6) is 0. The van der Waals surface area contributed by atoms with Crippen LogP contribution in [0.1, 0.15) is 13.3 Å². The van der Waals surface area contributed by atoms with Gasteiger partial charge >= 0.3 is 58.7 Å². The summed E-state index contributed by atoms with van der Waals surface area (Å²) in [4.78, 5) is 0. The Balaban J connectivity index is 3.07. The Kier molecular flexibility index (Phi) is 6.37. The van der Waals surface area contributed by atoms with Gasteiger partial charge in [-0.25, -0.2) is 0 Å². The van der Waals surface area contributed by atoms with Gasteiger partial charge in [-0.15, -0.1) is 0 Å². The zero-order chi connectivity index (χ0) is 6.41. The number of hydrogen-bond donors (Lipinski definition) is 0. The van der Waals surface area contributed by atoms with Crippen LogP contribution >= 0.6 is 0 Å². The first kappa shape index (κ1) is 8.72. The van der Waals surface area contributed by atoms with Crippen LogP contribution in [0.4, 0.5) is 0 Å². The van der Waals surface area contributed by atoms with E-state index >= 15 is 0 Å². The molecule has 0 heterocycles. The maximum absolute atomic E-state index is 5.13. The van der Waals surface area contributed by atoms with Crippen molar-refractivity contribution >= 4 is 20.6 Å². The predicted molar refractivity (Wildman–Crippen MR) is 36.3 cm³/mol. The summed E-state index contributed by atoms with van der Waals surface area (Å²) in [5, 5.41) is 0. The molecule has 0 radical (unpaired) electrons. The molecule has 0 fully saturated rings. The molecule has 0 saturated carbocycles. The van der Waals surface area contributed by atoms with E-state index in [0.29, 0.717) is 0 Å². The van der Waals surface area contributed by atoms with Crippen molar-refractivity contribution in [1.29, 1.82) is 0 Å². The van der Waals surface area contributed by atoms with E-state index in [1.807, 2.05) is 0 Å². The fourth-order valence-corrected chi connectivity index (χ4v) is 3.81. The third kappa shape index (κ3) is 3.69. The van der Waals surface area contributed by atoms with Gasteiger partial charge in [0.05, 0.1) is 0 Å². The molecule has 0 aromatic carbocycles. The molecule has 0 aliphatic carbocycles. The normalized spacial score (nSPS) is 10.5. The summed E-state index contributed by atoms with van der Waals surface area (Å²) in [6.45, 7) is 2.15. The minimum absolute atomic E-state index is 1.19. The van der Waals surface area contributed by atoms with Gasteiger partial charge in [0.2, 0.25) is 0 Å². The van der Waals surface area contributed by atoms with Crippen LogP contribution in [0.25, 0.3) is 0 Å². The molecule has 0 aliphatic rings. The van der Waals surface area contributed by atoms with Gasteiger partial charge in [-0.1, -0.05) is 0 Å². The second-order valence-electron chi connectivity index (χ2n) is 1.69. The molecule has 0 atom stereocenters. The Bertz CT molecular complexity index is 45.7. The van der Waals surface area contributed by atoms with Gasteiger partial charge in [0.15, 0.2) is 0 Å². The van der Waals surface area contributed by atoms with Gasteiger partial charge in [-0.3, -0.25) is 0 Å². The molecule has 0 saturated heterocycles. The molecule has 0 bridgehead atoms. The van der Waals surface area contributed by atoms with Crippen LogP contribution in [0, 0.1) is 0 Å². The summed E-state index contributed by atoms with van der Waals surface area (Å²) in [5.41, 5.74) is 0. The molecule has 8 heavy (non-hydrogen) atoms. The van der Waals surface area contributed by atoms with E-state index in [2.05, 4.69) is 6.92 Å². The van der Waals surface area contributed by atoms with Gasteiger partial charge < -0.3 is 0 Å². The Labute approximate surface area is 59.0 Å². The number of hydrogen-bond acceptors (Lipinski definition) is 2. The molecule has 0 rings (SSSR count). The van der Waals surface area contributed by atoms with Crippen molar-refractivity contribution in [1.82, 2.24) is 0 Å². The summed E-state index contributed by atoms with van der Waals surface area (Å²) < 4.78 is 11.4. The van der Waals surface area contributed by atoms with E-state index in [9.17, 15) is 0 Å². The monoisotopic (exact) mass is 226 g/mol. The second-order valence-corrected chi connectivity index (χ2v) is 8.48. The average molecular weight is 225 g/mol. The van der Waals surface area contributed by atoms with Crippen molar-refractivity contribution in [2.75, 3.05) is 14.2 Å². The minimum atomic E-state index is -1.80. The van der Waals surface area contributed by atoms with Crippen LogP contribution in [0.3, 0.4) is 0 Å². The zero-order valence-corrected chi connectivity index (χ0v) is 9.10. The fraction of sp³-hybridized carbons (Fsp3) is 1.00. The standard InChI is InChI=1S/C3H7.2CH3O.Sn.H/c1-3-2;2*1-2;;/h1,3H2,2H3;2*1H3;;/q;2*-1;+2;. The van der Waals surface area contributed by atoms with Crippen LogP contribution in [0.15, 0.2) is 0 Å². The van der Waals surface area contributed by atoms with E-state index in [-0.39, 0.29) is 0 Å². The van der Waals surface area contributed by atoms with Crippen LogP contribution in [-0.2, 0) is 6.15 Å². The molecule has 0 aromatic rings. The Morgan fingerprint density at radius 2 is 1.75 bits per heavy atom. The van der Waals surface area contributed by atoms with Crippen molar-refractivity contribution in [2.24, 2.45) is 0 Å². The van der Waals surface area contributed by atoms with Gasteiger partial charge in [-0.05, 0) is 0 Å². The van der Waals surface area contributed by atoms with Gasteiger partial charge in [0, 0.05) is 0 Å². The van der Waals surface area contributed by atoms with Crippen molar-refractivity contribution in [2.45, 2.75) is 17.8 Å². The van der Waals surface area contributed by atoms with Gasteiger partial charge in [0.25, 0.3) is 0 Å². The molecule has 3 heteroatoms. The molecule has 0 unspecified atom stereocenters. The van der Waals surface area contributed by atoms with E-state index < -0.39 is 20.6 Å². The predicted octanol–water partition coefficient (Wildman–Crippen LogP) is 0.910. The fourth-order valence-electron chi connectivity index (χ4n) is 0.568. The molecular weight excluding hydrogens is 211 g/mol. The van der Waals surface area contributed by atoms with Crippen LogP contribution in [-0.4, -0.2) is 34.8 Å². The third-order valence-electron chi connectivity index (χ3n) is 1.05. The Morgan fingerprint density at radius 1 is 1.25 bits per heavy atom. The number of rotatable bonds is 4. The SMILES string of the molecule is CC[CH2][SnH]([O]C)[O]C. The van der Waals surface area contributed by atoms with E-state index in [0.717, 1.165) is 0 Å². The maximum atomic E-state index is 5.13. The molecular formula is C5H14O2Sn.